The van der Waals surface area contributed by atoms with Crippen molar-refractivity contribution in [3.8, 4) is 61.4 Å². The molecule has 2 nitrogen and oxygen atoms in total. The van der Waals surface area contributed by atoms with Gasteiger partial charge in [0.25, 0.3) is 0 Å². The minimum atomic E-state index is 0.256. The molecule has 0 unspecified atom stereocenters. The highest BCUT2D eigenvalue weighted by Crippen LogP contribution is 2.41. The van der Waals surface area contributed by atoms with Gasteiger partial charge < -0.3 is 9.52 Å². The molecule has 0 aliphatic rings. The third-order valence-corrected chi connectivity index (χ3v) is 8.71. The standard InChI is InChI=1S/C43H30O2/c1-28-22-43-40(39-26-36(19-21-42(39)45-43)34-17-9-15-32(24-34)30-12-6-3-7-13-30)27-37(28)38-25-35(18-20-41(38)44)33-16-8-14-31(23-33)29-10-4-2-5-11-29/h2-27,44H,1H3. The van der Waals surface area contributed by atoms with E-state index in [1.807, 2.05) is 18.2 Å². The van der Waals surface area contributed by atoms with Gasteiger partial charge in [-0.05, 0) is 111 Å². The first kappa shape index (κ1) is 26.7. The number of furan rings is 1. The predicted molar refractivity (Wildman–Crippen MR) is 187 cm³/mol. The third-order valence-electron chi connectivity index (χ3n) is 8.71. The van der Waals surface area contributed by atoms with Gasteiger partial charge in [0, 0.05) is 16.3 Å². The molecule has 0 atom stereocenters. The molecule has 8 rings (SSSR count). The predicted octanol–water partition coefficient (Wildman–Crippen LogP) is 11.9. The molecule has 45 heavy (non-hydrogen) atoms. The first-order valence-corrected chi connectivity index (χ1v) is 15.2. The van der Waals surface area contributed by atoms with Crippen LogP contribution < -0.4 is 0 Å². The van der Waals surface area contributed by atoms with Crippen LogP contribution in [0.5, 0.6) is 5.75 Å². The summed E-state index contributed by atoms with van der Waals surface area (Å²) in [6.45, 7) is 2.07. The summed E-state index contributed by atoms with van der Waals surface area (Å²) in [7, 11) is 0. The molecule has 0 spiro atoms. The van der Waals surface area contributed by atoms with Crippen molar-refractivity contribution in [1.29, 1.82) is 0 Å². The van der Waals surface area contributed by atoms with Gasteiger partial charge in [0.05, 0.1) is 0 Å². The van der Waals surface area contributed by atoms with E-state index in [9.17, 15) is 5.11 Å². The topological polar surface area (TPSA) is 33.4 Å². The Morgan fingerprint density at radius 3 is 1.49 bits per heavy atom. The quantitative estimate of drug-likeness (QED) is 0.220. The van der Waals surface area contributed by atoms with E-state index < -0.39 is 0 Å². The molecule has 0 radical (unpaired) electrons. The van der Waals surface area contributed by atoms with Gasteiger partial charge in [-0.1, -0.05) is 109 Å². The smallest absolute Gasteiger partial charge is 0.135 e. The van der Waals surface area contributed by atoms with Crippen molar-refractivity contribution in [1.82, 2.24) is 0 Å². The summed E-state index contributed by atoms with van der Waals surface area (Å²) < 4.78 is 6.32. The molecule has 1 heterocycles. The molecule has 1 N–H and O–H groups in total. The molecule has 0 amide bonds. The van der Waals surface area contributed by atoms with Crippen LogP contribution in [0, 0.1) is 6.92 Å². The first-order valence-electron chi connectivity index (χ1n) is 15.2. The van der Waals surface area contributed by atoms with E-state index in [2.05, 4.69) is 140 Å². The lowest BCUT2D eigenvalue weighted by Crippen LogP contribution is -1.87. The second-order valence-electron chi connectivity index (χ2n) is 11.6. The number of rotatable bonds is 5. The van der Waals surface area contributed by atoms with E-state index in [0.717, 1.165) is 66.4 Å². The van der Waals surface area contributed by atoms with Crippen LogP contribution in [0.3, 0.4) is 0 Å². The number of benzene rings is 7. The number of fused-ring (bicyclic) bond motifs is 3. The van der Waals surface area contributed by atoms with Crippen molar-refractivity contribution < 1.29 is 9.52 Å². The molecule has 8 aromatic rings. The molecular formula is C43H30O2. The van der Waals surface area contributed by atoms with Crippen LogP contribution in [-0.4, -0.2) is 5.11 Å². The zero-order valence-electron chi connectivity index (χ0n) is 24.9. The van der Waals surface area contributed by atoms with Gasteiger partial charge in [0.2, 0.25) is 0 Å². The highest BCUT2D eigenvalue weighted by Gasteiger charge is 2.16. The maximum atomic E-state index is 11.1. The minimum Gasteiger partial charge on any atom is -0.507 e. The van der Waals surface area contributed by atoms with Crippen LogP contribution in [-0.2, 0) is 0 Å². The number of aromatic hydroxyl groups is 1. The highest BCUT2D eigenvalue weighted by atomic mass is 16.3. The van der Waals surface area contributed by atoms with Gasteiger partial charge in [-0.15, -0.1) is 0 Å². The maximum Gasteiger partial charge on any atom is 0.135 e. The number of aryl methyl sites for hydroxylation is 1. The van der Waals surface area contributed by atoms with Crippen LogP contribution in [0.1, 0.15) is 5.56 Å². The second kappa shape index (κ2) is 11.0. The summed E-state index contributed by atoms with van der Waals surface area (Å²) in [5.41, 5.74) is 13.7. The first-order chi connectivity index (χ1) is 22.1. The Morgan fingerprint density at radius 1 is 0.378 bits per heavy atom. The van der Waals surface area contributed by atoms with Crippen molar-refractivity contribution >= 4 is 21.9 Å². The van der Waals surface area contributed by atoms with Crippen molar-refractivity contribution in [3.63, 3.8) is 0 Å². The van der Waals surface area contributed by atoms with Gasteiger partial charge in [-0.3, -0.25) is 0 Å². The number of phenolic OH excluding ortho intramolecular Hbond substituents is 1. The summed E-state index contributed by atoms with van der Waals surface area (Å²) in [4.78, 5) is 0. The average molecular weight is 579 g/mol. The fraction of sp³-hybridized carbons (Fsp3) is 0.0233. The Bertz CT molecular complexity index is 2330. The van der Waals surface area contributed by atoms with E-state index in [0.29, 0.717) is 0 Å². The zero-order chi connectivity index (χ0) is 30.3. The van der Waals surface area contributed by atoms with Gasteiger partial charge >= 0.3 is 0 Å². The van der Waals surface area contributed by atoms with Crippen molar-refractivity contribution in [2.75, 3.05) is 0 Å². The SMILES string of the molecule is Cc1cc2oc3ccc(-c4cccc(-c5ccccc5)c4)cc3c2cc1-c1cc(-c2cccc(-c3ccccc3)c2)ccc1O. The monoisotopic (exact) mass is 578 g/mol. The molecule has 0 saturated carbocycles. The van der Waals surface area contributed by atoms with E-state index in [1.165, 1.54) is 16.7 Å². The lowest BCUT2D eigenvalue weighted by Gasteiger charge is -2.12. The van der Waals surface area contributed by atoms with Crippen LogP contribution in [0.25, 0.3) is 77.6 Å². The molecule has 0 bridgehead atoms. The molecule has 7 aromatic carbocycles. The van der Waals surface area contributed by atoms with Gasteiger partial charge in [-0.2, -0.15) is 0 Å². The fourth-order valence-electron chi connectivity index (χ4n) is 6.34. The number of hydrogen-bond acceptors (Lipinski definition) is 2. The molecular weight excluding hydrogens is 548 g/mol. The van der Waals surface area contributed by atoms with Gasteiger partial charge in [0.15, 0.2) is 0 Å². The highest BCUT2D eigenvalue weighted by molar-refractivity contribution is 6.08. The minimum absolute atomic E-state index is 0.256. The number of hydrogen-bond donors (Lipinski definition) is 1. The van der Waals surface area contributed by atoms with Gasteiger partial charge in [-0.25, -0.2) is 0 Å². The Morgan fingerprint density at radius 2 is 0.867 bits per heavy atom. The fourth-order valence-corrected chi connectivity index (χ4v) is 6.34. The van der Waals surface area contributed by atoms with Gasteiger partial charge in [0.1, 0.15) is 16.9 Å². The Balaban J connectivity index is 1.22. The Hall–Kier alpha value is -5.86. The lowest BCUT2D eigenvalue weighted by molar-refractivity contribution is 0.477. The second-order valence-corrected chi connectivity index (χ2v) is 11.6. The molecule has 0 aliphatic carbocycles. The van der Waals surface area contributed by atoms with Crippen LogP contribution in [0.4, 0.5) is 0 Å². The van der Waals surface area contributed by atoms with E-state index in [1.54, 1.807) is 6.07 Å². The maximum absolute atomic E-state index is 11.1. The Labute approximate surface area is 262 Å². The van der Waals surface area contributed by atoms with Crippen LogP contribution in [0.2, 0.25) is 0 Å². The van der Waals surface area contributed by atoms with Crippen LogP contribution in [0.15, 0.2) is 162 Å². The largest absolute Gasteiger partial charge is 0.507 e. The van der Waals surface area contributed by atoms with E-state index in [-0.39, 0.29) is 5.75 Å². The van der Waals surface area contributed by atoms with E-state index in [4.69, 9.17) is 4.42 Å². The average Bonchev–Trinajstić information content (AvgIpc) is 3.45. The lowest BCUT2D eigenvalue weighted by atomic mass is 9.93. The molecule has 0 saturated heterocycles. The third kappa shape index (κ3) is 4.97. The summed E-state index contributed by atoms with van der Waals surface area (Å²) in [6.07, 6.45) is 0. The summed E-state index contributed by atoms with van der Waals surface area (Å²) in [6, 6.07) is 54.6. The molecule has 2 heteroatoms. The number of phenols is 1. The van der Waals surface area contributed by atoms with Crippen molar-refractivity contribution in [2.24, 2.45) is 0 Å². The molecule has 1 aromatic heterocycles. The molecule has 0 aliphatic heterocycles. The van der Waals surface area contributed by atoms with Crippen molar-refractivity contribution in [3.05, 3.63) is 163 Å². The molecule has 0 fully saturated rings. The summed E-state index contributed by atoms with van der Waals surface area (Å²) >= 11 is 0. The Kier molecular flexibility index (Phi) is 6.54. The summed E-state index contributed by atoms with van der Waals surface area (Å²) in [5, 5.41) is 13.2. The summed E-state index contributed by atoms with van der Waals surface area (Å²) in [5.74, 6) is 0.256. The van der Waals surface area contributed by atoms with E-state index >= 15 is 0 Å². The zero-order valence-corrected chi connectivity index (χ0v) is 24.9. The molecule has 214 valence electrons. The van der Waals surface area contributed by atoms with Crippen molar-refractivity contribution in [2.45, 2.75) is 6.92 Å². The van der Waals surface area contributed by atoms with Crippen LogP contribution >= 0.6 is 0 Å². The normalized spacial score (nSPS) is 11.3.